The van der Waals surface area contributed by atoms with E-state index in [-0.39, 0.29) is 11.8 Å². The highest BCUT2D eigenvalue weighted by molar-refractivity contribution is 7.12. The largest absolute Gasteiger partial charge is 0.380 e. The van der Waals surface area contributed by atoms with Crippen molar-refractivity contribution in [2.24, 2.45) is 13.0 Å². The summed E-state index contributed by atoms with van der Waals surface area (Å²) in [6.07, 6.45) is 4.48. The molecular weight excluding hydrogens is 310 g/mol. The maximum Gasteiger partial charge on any atom is 0.264 e. The molecule has 0 saturated heterocycles. The van der Waals surface area contributed by atoms with Crippen LogP contribution < -0.4 is 0 Å². The lowest BCUT2D eigenvalue weighted by Gasteiger charge is -2.33. The molecule has 1 fully saturated rings. The summed E-state index contributed by atoms with van der Waals surface area (Å²) in [5, 5.41) is 6.33. The highest BCUT2D eigenvalue weighted by Crippen LogP contribution is 2.32. The Hall–Kier alpha value is -1.66. The zero-order chi connectivity index (χ0) is 15.8. The first kappa shape index (κ1) is 14.9. The van der Waals surface area contributed by atoms with Gasteiger partial charge in [-0.2, -0.15) is 5.10 Å². The SMILES string of the molecule is Cn1ncc2c1[C@H](COCC1CC1)CN(C(=O)c1cccs1)C2. The normalized spacial score (nSPS) is 20.6. The van der Waals surface area contributed by atoms with Crippen LogP contribution in [0.1, 0.15) is 39.7 Å². The average molecular weight is 331 g/mol. The van der Waals surface area contributed by atoms with Gasteiger partial charge in [0.05, 0.1) is 23.4 Å². The Morgan fingerprint density at radius 3 is 3.04 bits per heavy atom. The molecule has 1 saturated carbocycles. The first-order valence-corrected chi connectivity index (χ1v) is 9.01. The van der Waals surface area contributed by atoms with Gasteiger partial charge in [0.2, 0.25) is 0 Å². The van der Waals surface area contributed by atoms with E-state index in [0.29, 0.717) is 19.7 Å². The third kappa shape index (κ3) is 3.05. The van der Waals surface area contributed by atoms with Gasteiger partial charge in [-0.05, 0) is 30.2 Å². The molecule has 6 heteroatoms. The fraction of sp³-hybridized carbons (Fsp3) is 0.529. The maximum absolute atomic E-state index is 12.7. The summed E-state index contributed by atoms with van der Waals surface area (Å²) in [7, 11) is 1.98. The predicted octanol–water partition coefficient (Wildman–Crippen LogP) is 2.65. The molecule has 2 aliphatic rings. The molecule has 0 radical (unpaired) electrons. The molecule has 1 aliphatic heterocycles. The number of thiophene rings is 1. The van der Waals surface area contributed by atoms with Crippen molar-refractivity contribution < 1.29 is 9.53 Å². The van der Waals surface area contributed by atoms with E-state index < -0.39 is 0 Å². The van der Waals surface area contributed by atoms with Crippen molar-refractivity contribution in [3.63, 3.8) is 0 Å². The molecular formula is C17H21N3O2S. The second-order valence-corrected chi connectivity index (χ2v) is 7.47. The highest BCUT2D eigenvalue weighted by atomic mass is 32.1. The lowest BCUT2D eigenvalue weighted by atomic mass is 9.96. The minimum absolute atomic E-state index is 0.113. The molecule has 2 aromatic rings. The standard InChI is InChI=1S/C17H21N3O2S/c1-19-16-13(7-18-19)8-20(17(21)15-3-2-6-23-15)9-14(16)11-22-10-12-4-5-12/h2-3,6-7,12,14H,4-5,8-11H2,1H3/t14-/m0/s1. The second-order valence-electron chi connectivity index (χ2n) is 6.52. The van der Waals surface area contributed by atoms with Gasteiger partial charge in [-0.3, -0.25) is 9.48 Å². The van der Waals surface area contributed by atoms with Gasteiger partial charge < -0.3 is 9.64 Å². The van der Waals surface area contributed by atoms with Crippen LogP contribution in [-0.4, -0.2) is 40.3 Å². The number of aromatic nitrogens is 2. The Balaban J connectivity index is 1.51. The van der Waals surface area contributed by atoms with Gasteiger partial charge in [0.1, 0.15) is 0 Å². The van der Waals surface area contributed by atoms with Gasteiger partial charge in [-0.15, -0.1) is 11.3 Å². The molecule has 122 valence electrons. The van der Waals surface area contributed by atoms with Gasteiger partial charge >= 0.3 is 0 Å². The Morgan fingerprint density at radius 2 is 2.30 bits per heavy atom. The van der Waals surface area contributed by atoms with E-state index in [9.17, 15) is 4.79 Å². The Bertz CT molecular complexity index is 691. The molecule has 23 heavy (non-hydrogen) atoms. The van der Waals surface area contributed by atoms with E-state index in [4.69, 9.17) is 4.74 Å². The average Bonchev–Trinajstić information content (AvgIpc) is 3.07. The number of hydrogen-bond donors (Lipinski definition) is 0. The number of hydrogen-bond acceptors (Lipinski definition) is 4. The predicted molar refractivity (Wildman–Crippen MR) is 88.6 cm³/mol. The number of carbonyl (C=O) groups is 1. The van der Waals surface area contributed by atoms with Gasteiger partial charge in [-0.1, -0.05) is 6.07 Å². The van der Waals surface area contributed by atoms with E-state index in [1.165, 1.54) is 29.9 Å². The fourth-order valence-corrected chi connectivity index (χ4v) is 3.96. The molecule has 0 unspecified atom stereocenters. The second kappa shape index (κ2) is 6.09. The molecule has 2 aromatic heterocycles. The summed E-state index contributed by atoms with van der Waals surface area (Å²) in [4.78, 5) is 15.4. The minimum Gasteiger partial charge on any atom is -0.380 e. The number of rotatable bonds is 5. The minimum atomic E-state index is 0.113. The Labute approximate surface area is 139 Å². The molecule has 4 rings (SSSR count). The van der Waals surface area contributed by atoms with Crippen LogP contribution >= 0.6 is 11.3 Å². The molecule has 5 nitrogen and oxygen atoms in total. The van der Waals surface area contributed by atoms with E-state index in [0.717, 1.165) is 23.0 Å². The molecule has 1 amide bonds. The number of ether oxygens (including phenoxy) is 1. The van der Waals surface area contributed by atoms with E-state index >= 15 is 0 Å². The topological polar surface area (TPSA) is 47.4 Å². The Kier molecular flexibility index (Phi) is 3.95. The van der Waals surface area contributed by atoms with Crippen LogP contribution in [0.5, 0.6) is 0 Å². The van der Waals surface area contributed by atoms with Crippen LogP contribution in [0.4, 0.5) is 0 Å². The zero-order valence-corrected chi connectivity index (χ0v) is 14.1. The van der Waals surface area contributed by atoms with Crippen LogP contribution in [-0.2, 0) is 18.3 Å². The maximum atomic E-state index is 12.7. The third-order valence-electron chi connectivity index (χ3n) is 4.64. The van der Waals surface area contributed by atoms with E-state index in [1.807, 2.05) is 40.3 Å². The summed E-state index contributed by atoms with van der Waals surface area (Å²) in [6, 6.07) is 3.82. The highest BCUT2D eigenvalue weighted by Gasteiger charge is 2.32. The number of aryl methyl sites for hydroxylation is 1. The number of amides is 1. The van der Waals surface area contributed by atoms with Crippen molar-refractivity contribution in [3.05, 3.63) is 39.8 Å². The molecule has 0 N–H and O–H groups in total. The number of nitrogens with zero attached hydrogens (tertiary/aromatic N) is 3. The number of carbonyl (C=O) groups excluding carboxylic acids is 1. The third-order valence-corrected chi connectivity index (χ3v) is 5.50. The van der Waals surface area contributed by atoms with Gasteiger partial charge in [0.25, 0.3) is 5.91 Å². The smallest absolute Gasteiger partial charge is 0.264 e. The summed E-state index contributed by atoms with van der Waals surface area (Å²) in [5.41, 5.74) is 2.36. The van der Waals surface area contributed by atoms with E-state index in [2.05, 4.69) is 5.10 Å². The molecule has 0 spiro atoms. The van der Waals surface area contributed by atoms with Crippen LogP contribution in [0.3, 0.4) is 0 Å². The molecule has 0 bridgehead atoms. The lowest BCUT2D eigenvalue weighted by molar-refractivity contribution is 0.0625. The van der Waals surface area contributed by atoms with Gasteiger partial charge in [0.15, 0.2) is 0 Å². The van der Waals surface area contributed by atoms with Crippen molar-refractivity contribution in [1.29, 1.82) is 0 Å². The monoisotopic (exact) mass is 331 g/mol. The molecule has 0 aromatic carbocycles. The molecule has 1 atom stereocenters. The van der Waals surface area contributed by atoms with Crippen LogP contribution in [0.2, 0.25) is 0 Å². The molecule has 1 aliphatic carbocycles. The van der Waals surface area contributed by atoms with Crippen molar-refractivity contribution in [2.75, 3.05) is 19.8 Å². The summed E-state index contributed by atoms with van der Waals surface area (Å²) < 4.78 is 7.86. The Morgan fingerprint density at radius 1 is 1.43 bits per heavy atom. The van der Waals surface area contributed by atoms with Crippen LogP contribution in [0.25, 0.3) is 0 Å². The summed E-state index contributed by atoms with van der Waals surface area (Å²) >= 11 is 1.50. The summed E-state index contributed by atoms with van der Waals surface area (Å²) in [5.74, 6) is 1.07. The zero-order valence-electron chi connectivity index (χ0n) is 13.3. The van der Waals surface area contributed by atoms with Crippen LogP contribution in [0, 0.1) is 5.92 Å². The first-order valence-electron chi connectivity index (χ1n) is 8.13. The summed E-state index contributed by atoms with van der Waals surface area (Å²) in [6.45, 7) is 2.85. The van der Waals surface area contributed by atoms with Crippen molar-refractivity contribution >= 4 is 17.2 Å². The van der Waals surface area contributed by atoms with Crippen molar-refractivity contribution in [2.45, 2.75) is 25.3 Å². The van der Waals surface area contributed by atoms with Crippen molar-refractivity contribution in [1.82, 2.24) is 14.7 Å². The first-order chi connectivity index (χ1) is 11.2. The van der Waals surface area contributed by atoms with E-state index in [1.54, 1.807) is 0 Å². The quantitative estimate of drug-likeness (QED) is 0.846. The number of fused-ring (bicyclic) bond motifs is 1. The lowest BCUT2D eigenvalue weighted by Crippen LogP contribution is -2.39. The van der Waals surface area contributed by atoms with Crippen LogP contribution in [0.15, 0.2) is 23.7 Å². The van der Waals surface area contributed by atoms with Gasteiger partial charge in [0, 0.05) is 38.2 Å². The molecule has 3 heterocycles. The fourth-order valence-electron chi connectivity index (χ4n) is 3.27. The van der Waals surface area contributed by atoms with Crippen molar-refractivity contribution in [3.8, 4) is 0 Å². The van der Waals surface area contributed by atoms with Gasteiger partial charge in [-0.25, -0.2) is 0 Å².